The number of pyridine rings is 1. The molecule has 19 heavy (non-hydrogen) atoms. The molecule has 0 radical (unpaired) electrons. The van der Waals surface area contributed by atoms with Crippen LogP contribution in [0.1, 0.15) is 0 Å². The summed E-state index contributed by atoms with van der Waals surface area (Å²) in [6.07, 6.45) is 3.93. The highest BCUT2D eigenvalue weighted by molar-refractivity contribution is 6.03. The third-order valence-corrected chi connectivity index (χ3v) is 3.63. The molecule has 0 aliphatic carbocycles. The highest BCUT2D eigenvalue weighted by Gasteiger charge is 2.13. The quantitative estimate of drug-likeness (QED) is 0.706. The molecule has 0 saturated carbocycles. The van der Waals surface area contributed by atoms with Gasteiger partial charge in [-0.15, -0.1) is 0 Å². The second-order valence-corrected chi connectivity index (χ2v) is 4.83. The van der Waals surface area contributed by atoms with Crippen LogP contribution < -0.4 is 10.3 Å². The molecule has 1 saturated heterocycles. The van der Waals surface area contributed by atoms with Crippen molar-refractivity contribution in [2.75, 3.05) is 31.2 Å². The third kappa shape index (κ3) is 1.74. The number of hydrogen-bond acceptors (Lipinski definition) is 4. The summed E-state index contributed by atoms with van der Waals surface area (Å²) in [5.41, 5.74) is 2.03. The molecule has 3 heterocycles. The van der Waals surface area contributed by atoms with Crippen molar-refractivity contribution in [2.24, 2.45) is 0 Å². The van der Waals surface area contributed by atoms with Gasteiger partial charge in [-0.05, 0) is 12.1 Å². The van der Waals surface area contributed by atoms with Gasteiger partial charge in [0.05, 0.1) is 17.2 Å². The lowest BCUT2D eigenvalue weighted by Gasteiger charge is -2.28. The zero-order valence-electron chi connectivity index (χ0n) is 10.6. The fourth-order valence-corrected chi connectivity index (χ4v) is 2.63. The van der Waals surface area contributed by atoms with Crippen LogP contribution in [0.5, 0.6) is 0 Å². The summed E-state index contributed by atoms with van der Waals surface area (Å²) in [6, 6.07) is 8.20. The van der Waals surface area contributed by atoms with E-state index in [1.807, 2.05) is 17.1 Å². The fourth-order valence-electron chi connectivity index (χ4n) is 2.63. The number of benzene rings is 1. The van der Waals surface area contributed by atoms with Gasteiger partial charge in [0.25, 0.3) is 0 Å². The molecule has 2 aromatic heterocycles. The van der Waals surface area contributed by atoms with Crippen molar-refractivity contribution in [3.05, 3.63) is 36.7 Å². The first kappa shape index (κ1) is 10.8. The summed E-state index contributed by atoms with van der Waals surface area (Å²) in [6.45, 7) is 3.99. The van der Waals surface area contributed by atoms with E-state index in [1.165, 1.54) is 0 Å². The summed E-state index contributed by atoms with van der Waals surface area (Å²) in [4.78, 5) is 6.46. The normalized spacial score (nSPS) is 16.3. The van der Waals surface area contributed by atoms with Crippen molar-refractivity contribution >= 4 is 21.8 Å². The number of piperazine rings is 1. The Morgan fingerprint density at radius 3 is 2.89 bits per heavy atom. The second-order valence-electron chi connectivity index (χ2n) is 4.83. The molecule has 0 unspecified atom stereocenters. The maximum atomic E-state index is 4.66. The lowest BCUT2D eigenvalue weighted by Crippen LogP contribution is -2.49. The summed E-state index contributed by atoms with van der Waals surface area (Å²) >= 11 is 0. The van der Waals surface area contributed by atoms with Crippen molar-refractivity contribution in [1.29, 1.82) is 0 Å². The van der Waals surface area contributed by atoms with Gasteiger partial charge in [0.15, 0.2) is 0 Å². The van der Waals surface area contributed by atoms with Crippen LogP contribution in [-0.4, -0.2) is 41.1 Å². The Hall–Kier alpha value is -2.14. The Kier molecular flexibility index (Phi) is 2.38. The second kappa shape index (κ2) is 4.20. The van der Waals surface area contributed by atoms with Crippen molar-refractivity contribution in [2.45, 2.75) is 0 Å². The zero-order chi connectivity index (χ0) is 12.7. The molecular formula is C14H15N5. The highest BCUT2D eigenvalue weighted by Crippen LogP contribution is 2.22. The Labute approximate surface area is 110 Å². The van der Waals surface area contributed by atoms with E-state index in [4.69, 9.17) is 0 Å². The van der Waals surface area contributed by atoms with Crippen molar-refractivity contribution in [1.82, 2.24) is 20.2 Å². The van der Waals surface area contributed by atoms with E-state index < -0.39 is 0 Å². The van der Waals surface area contributed by atoms with E-state index in [-0.39, 0.29) is 0 Å². The minimum atomic E-state index is 0.985. The van der Waals surface area contributed by atoms with Crippen LogP contribution in [0.2, 0.25) is 0 Å². The minimum absolute atomic E-state index is 0.985. The van der Waals surface area contributed by atoms with Crippen LogP contribution in [0.4, 0.5) is 0 Å². The topological polar surface area (TPSA) is 46.0 Å². The number of rotatable bonds is 1. The van der Waals surface area contributed by atoms with E-state index in [0.29, 0.717) is 0 Å². The van der Waals surface area contributed by atoms with E-state index in [0.717, 1.165) is 48.0 Å². The summed E-state index contributed by atoms with van der Waals surface area (Å²) < 4.78 is 0. The molecule has 96 valence electrons. The highest BCUT2D eigenvalue weighted by atomic mass is 15.7. The van der Waals surface area contributed by atoms with E-state index in [1.54, 1.807) is 0 Å². The molecule has 0 amide bonds. The van der Waals surface area contributed by atoms with Gasteiger partial charge < -0.3 is 5.32 Å². The average molecular weight is 253 g/mol. The Balaban J connectivity index is 1.88. The van der Waals surface area contributed by atoms with Crippen molar-refractivity contribution in [3.63, 3.8) is 0 Å². The third-order valence-electron chi connectivity index (χ3n) is 3.63. The smallest absolute Gasteiger partial charge is 0.0966 e. The van der Waals surface area contributed by atoms with Gasteiger partial charge in [-0.1, -0.05) is 12.1 Å². The summed E-state index contributed by atoms with van der Waals surface area (Å²) in [7, 11) is 0. The monoisotopic (exact) mass is 253 g/mol. The van der Waals surface area contributed by atoms with Crippen LogP contribution in [0, 0.1) is 0 Å². The maximum Gasteiger partial charge on any atom is 0.0966 e. The first-order valence-corrected chi connectivity index (χ1v) is 6.61. The van der Waals surface area contributed by atoms with Crippen molar-refractivity contribution in [3.8, 4) is 0 Å². The molecular weight excluding hydrogens is 238 g/mol. The van der Waals surface area contributed by atoms with E-state index >= 15 is 0 Å². The molecule has 1 fully saturated rings. The van der Waals surface area contributed by atoms with Gasteiger partial charge in [-0.25, -0.2) is 0 Å². The predicted molar refractivity (Wildman–Crippen MR) is 75.9 cm³/mol. The molecule has 5 nitrogen and oxygen atoms in total. The van der Waals surface area contributed by atoms with Gasteiger partial charge in [0.2, 0.25) is 0 Å². The standard InChI is InChI=1S/C14H15N5/c1-2-11-3-4-13-12(14(11)16-5-1)10-19(17-13)18-8-6-15-7-9-18/h1-5,10,15H,6-9H2. The largest absolute Gasteiger partial charge is 0.313 e. The average Bonchev–Trinajstić information content (AvgIpc) is 2.93. The van der Waals surface area contributed by atoms with Gasteiger partial charge in [0.1, 0.15) is 0 Å². The first-order chi connectivity index (χ1) is 9.42. The van der Waals surface area contributed by atoms with Crippen LogP contribution in [0.25, 0.3) is 21.8 Å². The Bertz CT molecular complexity index is 727. The SMILES string of the molecule is c1cnc2c(c1)ccc1nn(N3CCNCC3)cc12. The molecule has 1 N–H and O–H groups in total. The molecule has 0 bridgehead atoms. The Morgan fingerprint density at radius 2 is 2.00 bits per heavy atom. The van der Waals surface area contributed by atoms with Gasteiger partial charge in [-0.3, -0.25) is 9.99 Å². The number of nitrogens with zero attached hydrogens (tertiary/aromatic N) is 4. The zero-order valence-corrected chi connectivity index (χ0v) is 10.6. The number of fused-ring (bicyclic) bond motifs is 3. The molecule has 0 spiro atoms. The molecule has 0 atom stereocenters. The minimum Gasteiger partial charge on any atom is -0.313 e. The van der Waals surface area contributed by atoms with Crippen LogP contribution >= 0.6 is 0 Å². The maximum absolute atomic E-state index is 4.66. The molecule has 1 aromatic carbocycles. The van der Waals surface area contributed by atoms with Crippen LogP contribution in [0.15, 0.2) is 36.7 Å². The van der Waals surface area contributed by atoms with Gasteiger partial charge in [0, 0.05) is 43.1 Å². The molecule has 1 aliphatic heterocycles. The van der Waals surface area contributed by atoms with Crippen LogP contribution in [-0.2, 0) is 0 Å². The number of nitrogens with one attached hydrogen (secondary N) is 1. The van der Waals surface area contributed by atoms with Crippen LogP contribution in [0.3, 0.4) is 0 Å². The molecule has 5 heteroatoms. The lowest BCUT2D eigenvalue weighted by molar-refractivity contribution is 0.463. The van der Waals surface area contributed by atoms with E-state index in [2.05, 4.69) is 44.8 Å². The molecule has 3 aromatic rings. The molecule has 1 aliphatic rings. The van der Waals surface area contributed by atoms with E-state index in [9.17, 15) is 0 Å². The Morgan fingerprint density at radius 1 is 1.11 bits per heavy atom. The van der Waals surface area contributed by atoms with Crippen molar-refractivity contribution < 1.29 is 0 Å². The first-order valence-electron chi connectivity index (χ1n) is 6.61. The molecule has 4 rings (SSSR count). The lowest BCUT2D eigenvalue weighted by atomic mass is 10.1. The summed E-state index contributed by atoms with van der Waals surface area (Å²) in [5.74, 6) is 0. The summed E-state index contributed by atoms with van der Waals surface area (Å²) in [5, 5.41) is 12.6. The fraction of sp³-hybridized carbons (Fsp3) is 0.286. The number of hydrogen-bond donors (Lipinski definition) is 1. The predicted octanol–water partition coefficient (Wildman–Crippen LogP) is 1.13. The number of aromatic nitrogens is 3. The van der Waals surface area contributed by atoms with Gasteiger partial charge >= 0.3 is 0 Å². The van der Waals surface area contributed by atoms with Gasteiger partial charge in [-0.2, -0.15) is 9.89 Å².